The minimum atomic E-state index is -1.25. The third-order valence-electron chi connectivity index (χ3n) is 13.4. The fraction of sp³-hybridized carbons (Fsp3) is 0.431. The summed E-state index contributed by atoms with van der Waals surface area (Å²) in [6.45, 7) is 10.0. The Hall–Kier alpha value is -7.27. The van der Waals surface area contributed by atoms with Crippen LogP contribution >= 0.6 is 0 Å². The van der Waals surface area contributed by atoms with Crippen LogP contribution in [-0.4, -0.2) is 116 Å². The summed E-state index contributed by atoms with van der Waals surface area (Å²) in [5.41, 5.74) is 7.52. The molecule has 8 rings (SSSR count). The van der Waals surface area contributed by atoms with Gasteiger partial charge in [0.05, 0.1) is 37.2 Å². The van der Waals surface area contributed by atoms with Gasteiger partial charge in [0.1, 0.15) is 54.3 Å². The first-order valence-electron chi connectivity index (χ1n) is 24.2. The van der Waals surface area contributed by atoms with Crippen LogP contribution < -0.4 is 35.4 Å². The lowest BCUT2D eigenvalue weighted by molar-refractivity contribution is -0.753. The van der Waals surface area contributed by atoms with Crippen LogP contribution in [0.2, 0.25) is 0 Å². The van der Waals surface area contributed by atoms with Crippen LogP contribution in [0, 0.1) is 17.6 Å². The van der Waals surface area contributed by atoms with Crippen molar-refractivity contribution in [2.75, 3.05) is 61.1 Å². The minimum Gasteiger partial charge on any atom is -0.493 e. The number of pyridine rings is 1. The average Bonchev–Trinajstić information content (AvgIpc) is 4.14. The van der Waals surface area contributed by atoms with Crippen molar-refractivity contribution < 1.29 is 52.1 Å². The van der Waals surface area contributed by atoms with Crippen LogP contribution in [0.25, 0.3) is 5.69 Å². The first kappa shape index (κ1) is 52.1. The lowest BCUT2D eigenvalue weighted by Gasteiger charge is -2.37. The summed E-state index contributed by atoms with van der Waals surface area (Å²) >= 11 is 0. The molecule has 4 N–H and O–H groups in total. The Kier molecular flexibility index (Phi) is 16.2. The molecule has 3 aromatic carbocycles. The highest BCUT2D eigenvalue weighted by Gasteiger charge is 2.46. The van der Waals surface area contributed by atoms with Crippen molar-refractivity contribution in [1.29, 1.82) is 0 Å². The molecule has 388 valence electrons. The molecule has 0 saturated carbocycles. The average molecular weight is 1010 g/mol. The topological polar surface area (TPSA) is 222 Å². The summed E-state index contributed by atoms with van der Waals surface area (Å²) in [5, 5.41) is 28.5. The highest BCUT2D eigenvalue weighted by Crippen LogP contribution is 2.42. The number of rotatable bonds is 19. The van der Waals surface area contributed by atoms with Gasteiger partial charge in [0.25, 0.3) is 6.33 Å². The van der Waals surface area contributed by atoms with Crippen LogP contribution in [0.1, 0.15) is 63.9 Å². The molecule has 7 atom stereocenters. The second kappa shape index (κ2) is 22.7. The van der Waals surface area contributed by atoms with E-state index in [1.807, 2.05) is 55.5 Å². The van der Waals surface area contributed by atoms with Crippen molar-refractivity contribution in [3.05, 3.63) is 137 Å². The monoisotopic (exact) mass is 1010 g/mol. The van der Waals surface area contributed by atoms with Crippen molar-refractivity contribution in [3.63, 3.8) is 0 Å². The van der Waals surface area contributed by atoms with E-state index in [0.717, 1.165) is 48.5 Å². The Balaban J connectivity index is 0.848. The van der Waals surface area contributed by atoms with Crippen molar-refractivity contribution in [1.82, 2.24) is 29.1 Å². The largest absolute Gasteiger partial charge is 0.493 e. The number of aliphatic hydroxyl groups is 2. The number of ether oxygens (including phenoxy) is 4. The second-order valence-electron chi connectivity index (χ2n) is 18.5. The lowest BCUT2D eigenvalue weighted by Crippen LogP contribution is -2.46. The van der Waals surface area contributed by atoms with E-state index >= 15 is 4.39 Å². The Labute approximate surface area is 420 Å². The van der Waals surface area contributed by atoms with Crippen LogP contribution in [0.3, 0.4) is 0 Å². The van der Waals surface area contributed by atoms with Gasteiger partial charge in [-0.15, -0.1) is 4.68 Å². The number of aliphatic hydroxyl groups excluding tert-OH is 2. The molecule has 0 bridgehead atoms. The molecule has 2 fully saturated rings. The van der Waals surface area contributed by atoms with E-state index in [4.69, 9.17) is 24.7 Å². The number of carbonyl (C=O) groups excluding carboxylic acids is 2. The van der Waals surface area contributed by atoms with Gasteiger partial charge in [-0.2, -0.15) is 9.67 Å². The number of hydrogen-bond donors (Lipinski definition) is 3. The smallest absolute Gasteiger partial charge is 0.418 e. The van der Waals surface area contributed by atoms with Crippen LogP contribution in [0.15, 0.2) is 109 Å². The summed E-state index contributed by atoms with van der Waals surface area (Å²) in [6.07, 6.45) is 3.44. The SMILES string of the molecule is CC[C@@H]([C@H](C)O)n1ncn(-c2ccc(N3CCN(c4ccc(OC[C@@H]5CO[C@@](Cn6c[n+](C(C)OC(=O)N(C)c7ncccc7COC(=O)[C@@H](N)[C@@H](C)O)cn6)(c6ccc(F)cc6F)C5)cc4)CC3)cc2)c1=O. The Morgan fingerprint density at radius 1 is 0.945 bits per heavy atom. The fourth-order valence-electron chi connectivity index (χ4n) is 9.19. The van der Waals surface area contributed by atoms with E-state index in [2.05, 4.69) is 25.0 Å². The molecule has 5 heterocycles. The highest BCUT2D eigenvalue weighted by molar-refractivity contribution is 5.86. The van der Waals surface area contributed by atoms with Crippen molar-refractivity contribution in [2.45, 2.75) is 89.8 Å². The van der Waals surface area contributed by atoms with Gasteiger partial charge in [0, 0.05) is 85.9 Å². The molecule has 22 heteroatoms. The van der Waals surface area contributed by atoms with Crippen LogP contribution in [0.5, 0.6) is 5.75 Å². The zero-order valence-corrected chi connectivity index (χ0v) is 41.4. The zero-order valence-electron chi connectivity index (χ0n) is 41.4. The Bertz CT molecular complexity index is 2890. The van der Waals surface area contributed by atoms with Gasteiger partial charge in [-0.25, -0.2) is 32.6 Å². The number of halogens is 2. The fourth-order valence-corrected chi connectivity index (χ4v) is 9.19. The first-order valence-corrected chi connectivity index (χ1v) is 24.2. The normalized spacial score (nSPS) is 19.0. The summed E-state index contributed by atoms with van der Waals surface area (Å²) < 4.78 is 59.4. The summed E-state index contributed by atoms with van der Waals surface area (Å²) in [5.74, 6) is -1.62. The minimum absolute atomic E-state index is 0.0421. The molecular weight excluding hydrogens is 949 g/mol. The molecule has 20 nitrogen and oxygen atoms in total. The molecule has 2 aliphatic rings. The molecule has 0 radical (unpaired) electrons. The third kappa shape index (κ3) is 11.8. The molecule has 3 aromatic heterocycles. The number of hydrogen-bond acceptors (Lipinski definition) is 15. The van der Waals surface area contributed by atoms with E-state index in [1.54, 1.807) is 41.6 Å². The predicted molar refractivity (Wildman–Crippen MR) is 263 cm³/mol. The summed E-state index contributed by atoms with van der Waals surface area (Å²) in [4.78, 5) is 48.8. The van der Waals surface area contributed by atoms with E-state index in [-0.39, 0.29) is 49.4 Å². The van der Waals surface area contributed by atoms with E-state index < -0.39 is 59.8 Å². The predicted octanol–water partition coefficient (Wildman–Crippen LogP) is 4.40. The Morgan fingerprint density at radius 3 is 2.26 bits per heavy atom. The lowest BCUT2D eigenvalue weighted by atomic mass is 9.87. The van der Waals surface area contributed by atoms with E-state index in [0.29, 0.717) is 29.8 Å². The quantitative estimate of drug-likeness (QED) is 0.0756. The number of nitrogens with zero attached hydrogens (tertiary/aromatic N) is 10. The molecule has 2 saturated heterocycles. The Morgan fingerprint density at radius 2 is 1.62 bits per heavy atom. The summed E-state index contributed by atoms with van der Waals surface area (Å²) in [6, 6.07) is 20.7. The van der Waals surface area contributed by atoms with Gasteiger partial charge in [-0.1, -0.05) is 19.1 Å². The maximum Gasteiger partial charge on any atom is 0.418 e. The maximum atomic E-state index is 15.6. The molecule has 2 aliphatic heterocycles. The number of carbonyl (C=O) groups is 2. The zero-order chi connectivity index (χ0) is 52.0. The second-order valence-corrected chi connectivity index (χ2v) is 18.5. The number of benzene rings is 3. The molecule has 0 aliphatic carbocycles. The van der Waals surface area contributed by atoms with Crippen molar-refractivity contribution in [2.24, 2.45) is 11.7 Å². The van der Waals surface area contributed by atoms with Gasteiger partial charge < -0.3 is 44.7 Å². The van der Waals surface area contributed by atoms with Crippen LogP contribution in [0.4, 0.5) is 30.8 Å². The van der Waals surface area contributed by atoms with Gasteiger partial charge in [0.15, 0.2) is 0 Å². The molecule has 6 aromatic rings. The number of nitrogens with two attached hydrogens (primary N) is 1. The van der Waals surface area contributed by atoms with E-state index in [1.165, 1.54) is 54.2 Å². The first-order chi connectivity index (χ1) is 35.0. The molecule has 73 heavy (non-hydrogen) atoms. The number of piperazine rings is 1. The number of anilines is 3. The van der Waals surface area contributed by atoms with Crippen molar-refractivity contribution >= 4 is 29.3 Å². The van der Waals surface area contributed by atoms with Gasteiger partial charge in [-0.05, 0) is 87.4 Å². The molecule has 1 amide bonds. The third-order valence-corrected chi connectivity index (χ3v) is 13.4. The van der Waals surface area contributed by atoms with Gasteiger partial charge in [-0.3, -0.25) is 9.69 Å². The van der Waals surface area contributed by atoms with Crippen LogP contribution in [-0.2, 0) is 37.8 Å². The number of aromatic nitrogens is 7. The maximum absolute atomic E-state index is 15.6. The number of esters is 1. The van der Waals surface area contributed by atoms with Gasteiger partial charge >= 0.3 is 17.8 Å². The standard InChI is InChI=1S/C51H62F2N11O9/c1-6-45(33(2)65)64-49(68)63(31-57-64)41-12-10-39(11-13-41)59-20-22-60(23-21-59)40-14-16-42(17-15-40)70-26-36-25-51(72-27-36,43-18-9-38(52)24-44(43)53)29-62-32-61(30-56-62)35(4)73-50(69)58(5)47-37(8-7-19-55-47)28-71-48(67)46(54)34(3)66/h7-19,24,30-36,45-46,65-66H,6,20-23,25-29,54H2,1-5H3/q+1/t33-,34+,35?,36+,45-,46-,51-/m0/s1. The molecule has 0 spiro atoms. The molecule has 1 unspecified atom stereocenters. The van der Waals surface area contributed by atoms with E-state index in [9.17, 15) is 29.0 Å². The highest BCUT2D eigenvalue weighted by atomic mass is 19.1. The van der Waals surface area contributed by atoms with Gasteiger partial charge in [0.2, 0.25) is 12.6 Å². The summed E-state index contributed by atoms with van der Waals surface area (Å²) in [7, 11) is 1.45. The number of amides is 1. The van der Waals surface area contributed by atoms with Crippen molar-refractivity contribution in [3.8, 4) is 11.4 Å². The molecular formula is C51H62F2N11O9+.